The lowest BCUT2D eigenvalue weighted by molar-refractivity contribution is -0.147. The standard InChI is InChI=1S/C76H104N18O18S/c1-10-61(98)85-55(35-48-37-81-51-25-18-17-24-50(48)51)72(109)91(6)44(4)66(103)87-53(36-64(101)102)68(105)89-65(43(2)3)75(112)94(9)59(41-95)69(106)83-39-62(99)84-52(26-19-31-80-76(78)79)71(108)93(8)58(34-46-22-15-12-16-23-46)74(111)90(5)40-63(100)86-54(32-47-27-29-49(96)30-28-47)73(110)92(7)57(33-45-20-13-11-14-21-45)70(107)88-56(42-113)67(104)82-38-60(77)97/h11-18,20-25,27-30,37,43-44,52-59,65,81,95-96,113H,10,19,26,31-36,38-42H2,1-9H3,(H2,77,97)(H,82,104)(H,83,106)(H,84,99)(H,85,98)(H,86,100)(H,87,103)(H,88,107)(H,89,105)(H,101,102)(H4,78,79,80)/t44-,52-,53-,54-,55+,56-,57-,58-,59-,65-/m0/s1. The summed E-state index contributed by atoms with van der Waals surface area (Å²) in [4.78, 5) is 215. The molecule has 10 atom stereocenters. The minimum Gasteiger partial charge on any atom is -0.508 e. The number of benzene rings is 4. The number of rotatable bonds is 44. The van der Waals surface area contributed by atoms with Crippen molar-refractivity contribution in [2.45, 2.75) is 139 Å². The van der Waals surface area contributed by atoms with Crippen LogP contribution in [-0.2, 0) is 97.6 Å². The third kappa shape index (κ3) is 28.0. The molecule has 5 rings (SSSR count). The fraction of sp³-hybridized carbons (Fsp3) is 0.447. The number of guanidine groups is 1. The number of thiol groups is 1. The number of aromatic nitrogens is 1. The first-order valence-corrected chi connectivity index (χ1v) is 37.0. The van der Waals surface area contributed by atoms with E-state index in [4.69, 9.17) is 16.9 Å². The summed E-state index contributed by atoms with van der Waals surface area (Å²) in [7, 11) is 6.27. The van der Waals surface area contributed by atoms with E-state index in [1.165, 1.54) is 73.2 Å². The van der Waals surface area contributed by atoms with E-state index < -0.39 is 194 Å². The Hall–Kier alpha value is -12.2. The molecule has 0 aliphatic heterocycles. The number of aliphatic hydroxyl groups excluding tert-OH is 1. The predicted octanol–water partition coefficient (Wildman–Crippen LogP) is -2.72. The van der Waals surface area contributed by atoms with Crippen LogP contribution in [0.5, 0.6) is 5.75 Å². The number of para-hydroxylation sites is 1. The Bertz CT molecular complexity index is 4170. The lowest BCUT2D eigenvalue weighted by Crippen LogP contribution is -2.61. The topological polar surface area (TPSA) is 533 Å². The number of carboxylic acid groups (broad SMARTS) is 1. The molecule has 36 nitrogen and oxygen atoms in total. The Kier molecular flexibility index (Phi) is 36.1. The summed E-state index contributed by atoms with van der Waals surface area (Å²) in [6.45, 7) is 2.72. The number of phenols is 1. The monoisotopic (exact) mass is 1590 g/mol. The molecule has 0 aliphatic rings. The van der Waals surface area contributed by atoms with Crippen LogP contribution in [0.1, 0.15) is 75.6 Å². The second-order valence-electron chi connectivity index (χ2n) is 27.4. The third-order valence-electron chi connectivity index (χ3n) is 18.7. The van der Waals surface area contributed by atoms with Crippen molar-refractivity contribution in [3.8, 4) is 5.75 Å². The van der Waals surface area contributed by atoms with E-state index >= 15 is 0 Å². The summed E-state index contributed by atoms with van der Waals surface area (Å²) >= 11 is 4.22. The number of carbonyl (C=O) groups excluding carboxylic acids is 14. The number of nitrogens with one attached hydrogen (secondary N) is 11. The first-order chi connectivity index (χ1) is 53.5. The second-order valence-corrected chi connectivity index (χ2v) is 27.8. The molecule has 1 aromatic heterocycles. The van der Waals surface area contributed by atoms with Gasteiger partial charge in [0.2, 0.25) is 82.7 Å². The van der Waals surface area contributed by atoms with Crippen LogP contribution in [0.15, 0.2) is 115 Å². The average Bonchev–Trinajstić information content (AvgIpc) is 1.81. The molecular formula is C76H104N18O18S. The summed E-state index contributed by atoms with van der Waals surface area (Å²) in [5.41, 5.74) is 13.8. The molecule has 612 valence electrons. The molecule has 14 amide bonds. The number of nitrogens with zero attached hydrogens (tertiary/aromatic N) is 5. The minimum absolute atomic E-state index is 0.0162. The Morgan fingerprint density at radius 2 is 1.04 bits per heavy atom. The summed E-state index contributed by atoms with van der Waals surface area (Å²) in [5.74, 6) is -15.3. The van der Waals surface area contributed by atoms with Crippen LogP contribution in [0.3, 0.4) is 0 Å². The summed E-state index contributed by atoms with van der Waals surface area (Å²) < 4.78 is 0. The highest BCUT2D eigenvalue weighted by molar-refractivity contribution is 7.80. The highest BCUT2D eigenvalue weighted by Gasteiger charge is 2.41. The van der Waals surface area contributed by atoms with Crippen molar-refractivity contribution in [3.63, 3.8) is 0 Å². The maximum absolute atomic E-state index is 15.0. The van der Waals surface area contributed by atoms with Crippen LogP contribution in [0.2, 0.25) is 0 Å². The largest absolute Gasteiger partial charge is 0.508 e. The molecule has 0 aliphatic carbocycles. The highest BCUT2D eigenvalue weighted by Crippen LogP contribution is 2.22. The van der Waals surface area contributed by atoms with Crippen LogP contribution in [0.25, 0.3) is 10.9 Å². The number of primary amides is 1. The van der Waals surface area contributed by atoms with Crippen molar-refractivity contribution in [2.24, 2.45) is 17.4 Å². The Morgan fingerprint density at radius 1 is 0.513 bits per heavy atom. The van der Waals surface area contributed by atoms with Crippen LogP contribution >= 0.6 is 12.6 Å². The van der Waals surface area contributed by atoms with Crippen molar-refractivity contribution >= 4 is 118 Å². The molecular weight excluding hydrogens is 1490 g/mol. The zero-order chi connectivity index (χ0) is 83.9. The van der Waals surface area contributed by atoms with Gasteiger partial charge in [-0.25, -0.2) is 0 Å². The van der Waals surface area contributed by atoms with E-state index in [1.54, 1.807) is 79.9 Å². The molecule has 4 aromatic carbocycles. The predicted molar refractivity (Wildman–Crippen MR) is 418 cm³/mol. The van der Waals surface area contributed by atoms with Crippen molar-refractivity contribution in [3.05, 3.63) is 138 Å². The van der Waals surface area contributed by atoms with Crippen LogP contribution in [0.4, 0.5) is 0 Å². The Balaban J connectivity index is 1.32. The fourth-order valence-electron chi connectivity index (χ4n) is 12.0. The number of likely N-dealkylation sites (N-methyl/N-ethyl adjacent to an activating group) is 5. The lowest BCUT2D eigenvalue weighted by atomic mass is 10.0. The zero-order valence-electron chi connectivity index (χ0n) is 64.5. The molecule has 5 aromatic rings. The molecule has 0 saturated heterocycles. The normalized spacial score (nSPS) is 13.7. The number of aliphatic carboxylic acids is 1. The minimum atomic E-state index is -1.85. The third-order valence-corrected chi connectivity index (χ3v) is 19.1. The smallest absolute Gasteiger partial charge is 0.305 e. The van der Waals surface area contributed by atoms with Gasteiger partial charge in [0.25, 0.3) is 0 Å². The molecule has 0 radical (unpaired) electrons. The van der Waals surface area contributed by atoms with Gasteiger partial charge < -0.3 is 104 Å². The molecule has 0 spiro atoms. The summed E-state index contributed by atoms with van der Waals surface area (Å²) in [5, 5.41) is 61.7. The van der Waals surface area contributed by atoms with E-state index in [0.29, 0.717) is 22.3 Å². The molecule has 0 unspecified atom stereocenters. The van der Waals surface area contributed by atoms with Gasteiger partial charge in [0.05, 0.1) is 32.7 Å². The first-order valence-electron chi connectivity index (χ1n) is 36.4. The van der Waals surface area contributed by atoms with Gasteiger partial charge in [-0.3, -0.25) is 77.3 Å². The molecule has 0 saturated carbocycles. The summed E-state index contributed by atoms with van der Waals surface area (Å²) in [6, 6.07) is 15.3. The Labute approximate surface area is 659 Å². The van der Waals surface area contributed by atoms with Crippen LogP contribution < -0.4 is 59.3 Å². The number of phenolic OH excluding ortho intramolecular Hbond substituents is 1. The second kappa shape index (κ2) is 44.6. The van der Waals surface area contributed by atoms with Gasteiger partial charge in [0.1, 0.15) is 66.2 Å². The van der Waals surface area contributed by atoms with E-state index in [1.807, 2.05) is 18.2 Å². The van der Waals surface area contributed by atoms with Crippen molar-refractivity contribution in [2.75, 3.05) is 73.8 Å². The average molecular weight is 1590 g/mol. The maximum Gasteiger partial charge on any atom is 0.305 e. The number of H-pyrrole nitrogens is 1. The zero-order valence-corrected chi connectivity index (χ0v) is 65.4. The molecule has 0 fully saturated rings. The molecule has 1 heterocycles. The van der Waals surface area contributed by atoms with Crippen LogP contribution in [0, 0.1) is 11.3 Å². The number of carboxylic acids is 1. The van der Waals surface area contributed by atoms with Crippen molar-refractivity contribution in [1.82, 2.24) is 77.3 Å². The number of hydrogen-bond acceptors (Lipinski definition) is 19. The number of amides is 14. The van der Waals surface area contributed by atoms with Gasteiger partial charge in [-0.05, 0) is 66.1 Å². The maximum atomic E-state index is 15.0. The number of carbonyl (C=O) groups is 15. The fourth-order valence-corrected chi connectivity index (χ4v) is 12.3. The van der Waals surface area contributed by atoms with Gasteiger partial charge in [-0.2, -0.15) is 12.6 Å². The number of nitrogens with two attached hydrogens (primary N) is 2. The summed E-state index contributed by atoms with van der Waals surface area (Å²) in [6.07, 6.45) is 0.164. The first kappa shape index (κ1) is 91.5. The van der Waals surface area contributed by atoms with Gasteiger partial charge in [-0.1, -0.05) is 112 Å². The van der Waals surface area contributed by atoms with Gasteiger partial charge >= 0.3 is 5.97 Å². The van der Waals surface area contributed by atoms with Gasteiger partial charge in [-0.15, -0.1) is 0 Å². The van der Waals surface area contributed by atoms with E-state index in [9.17, 15) is 87.2 Å². The van der Waals surface area contributed by atoms with Crippen molar-refractivity contribution in [1.29, 1.82) is 5.41 Å². The van der Waals surface area contributed by atoms with Crippen LogP contribution in [-0.4, -0.2) is 274 Å². The quantitative estimate of drug-likeness (QED) is 0.00815. The molecule has 37 heteroatoms. The Morgan fingerprint density at radius 3 is 1.61 bits per heavy atom. The number of aliphatic hydroxyl groups is 1. The lowest BCUT2D eigenvalue weighted by Gasteiger charge is -2.34. The van der Waals surface area contributed by atoms with E-state index in [0.717, 1.165) is 42.5 Å². The SMILES string of the molecule is CCC(=O)N[C@H](Cc1c[nH]c2ccccc12)C(=O)N(C)[C@@H](C)C(=O)N[C@@H](CC(=O)O)C(=O)N[C@H](C(=O)N(C)[C@@H](CO)C(=O)NCC(=O)N[C@@H](CCCNC(=N)N)C(=O)N(C)[C@@H](Cc1ccccc1)C(=O)N(C)CC(=O)N[C@@H](Cc1ccc(O)cc1)C(=O)N(C)[C@@H](Cc1ccccc1)C(=O)N[C@@H](CS)C(=O)NCC(N)=O)C(C)C. The molecule has 0 bridgehead atoms. The number of aromatic amines is 1. The van der Waals surface area contributed by atoms with Crippen molar-refractivity contribution < 1.29 is 87.2 Å². The van der Waals surface area contributed by atoms with E-state index in [2.05, 4.69) is 65.5 Å². The number of aromatic hydroxyl groups is 1. The molecule has 113 heavy (non-hydrogen) atoms. The molecule has 18 N–H and O–H groups in total. The van der Waals surface area contributed by atoms with Gasteiger partial charge in [0.15, 0.2) is 5.96 Å². The van der Waals surface area contributed by atoms with E-state index in [-0.39, 0.29) is 63.0 Å². The van der Waals surface area contributed by atoms with Gasteiger partial charge in [0, 0.05) is 96.7 Å². The number of hydrogen-bond donors (Lipinski definition) is 17. The number of fused-ring (bicyclic) bond motifs is 1. The highest BCUT2D eigenvalue weighted by atomic mass is 32.1.